The second-order valence-electron chi connectivity index (χ2n) is 6.52. The van der Waals surface area contributed by atoms with Gasteiger partial charge in [-0.1, -0.05) is 0 Å². The number of amides is 2. The fraction of sp³-hybridized carbons (Fsp3) is 0.647. The molecule has 1 aliphatic heterocycles. The number of hydrogen-bond acceptors (Lipinski definition) is 6. The van der Waals surface area contributed by atoms with Gasteiger partial charge in [-0.25, -0.2) is 4.98 Å². The second kappa shape index (κ2) is 7.95. The fourth-order valence-electron chi connectivity index (χ4n) is 2.92. The van der Waals surface area contributed by atoms with Crippen LogP contribution >= 0.6 is 11.3 Å². The molecule has 0 aromatic carbocycles. The van der Waals surface area contributed by atoms with E-state index < -0.39 is 0 Å². The van der Waals surface area contributed by atoms with Crippen molar-refractivity contribution in [1.82, 2.24) is 9.88 Å². The maximum absolute atomic E-state index is 12.5. The van der Waals surface area contributed by atoms with Gasteiger partial charge in [0.2, 0.25) is 11.8 Å². The first-order valence-corrected chi connectivity index (χ1v) is 9.64. The van der Waals surface area contributed by atoms with Crippen molar-refractivity contribution >= 4 is 34.3 Å². The molecule has 25 heavy (non-hydrogen) atoms. The minimum atomic E-state index is -0.235. The molecular weight excluding hydrogens is 342 g/mol. The third kappa shape index (κ3) is 4.78. The molecule has 0 bridgehead atoms. The van der Waals surface area contributed by atoms with E-state index in [1.807, 2.05) is 0 Å². The molecule has 2 fully saturated rings. The van der Waals surface area contributed by atoms with E-state index in [4.69, 9.17) is 4.74 Å². The number of likely N-dealkylation sites (tertiary alicyclic amines) is 1. The lowest BCUT2D eigenvalue weighted by Gasteiger charge is -2.31. The molecule has 1 unspecified atom stereocenters. The summed E-state index contributed by atoms with van der Waals surface area (Å²) in [6.07, 6.45) is 3.63. The van der Waals surface area contributed by atoms with E-state index in [-0.39, 0.29) is 36.0 Å². The average molecular weight is 365 g/mol. The Bertz CT molecular complexity index is 656. The molecule has 1 atom stereocenters. The molecule has 1 aromatic heterocycles. The maximum Gasteiger partial charge on any atom is 0.310 e. The summed E-state index contributed by atoms with van der Waals surface area (Å²) in [5.41, 5.74) is 0.652. The number of hydrogen-bond donors (Lipinski definition) is 1. The Labute approximate surface area is 150 Å². The van der Waals surface area contributed by atoms with Gasteiger partial charge in [0, 0.05) is 24.4 Å². The third-order valence-corrected chi connectivity index (χ3v) is 5.26. The van der Waals surface area contributed by atoms with Crippen molar-refractivity contribution in [3.8, 4) is 0 Å². The highest BCUT2D eigenvalue weighted by molar-refractivity contribution is 7.13. The first-order chi connectivity index (χ1) is 12.1. The number of anilines is 1. The van der Waals surface area contributed by atoms with Crippen LogP contribution in [0.1, 0.15) is 38.3 Å². The number of esters is 1. The molecule has 2 aliphatic rings. The van der Waals surface area contributed by atoms with Gasteiger partial charge in [-0.2, -0.15) is 0 Å². The van der Waals surface area contributed by atoms with Crippen LogP contribution in [0.5, 0.6) is 0 Å². The van der Waals surface area contributed by atoms with Crippen LogP contribution in [-0.4, -0.2) is 47.4 Å². The maximum atomic E-state index is 12.5. The van der Waals surface area contributed by atoms with Crippen molar-refractivity contribution in [3.05, 3.63) is 11.1 Å². The Morgan fingerprint density at radius 3 is 2.84 bits per heavy atom. The molecule has 136 valence electrons. The highest BCUT2D eigenvalue weighted by Crippen LogP contribution is 2.30. The van der Waals surface area contributed by atoms with Gasteiger partial charge in [0.1, 0.15) is 0 Å². The highest BCUT2D eigenvalue weighted by Gasteiger charge is 2.31. The van der Waals surface area contributed by atoms with E-state index in [1.165, 1.54) is 11.3 Å². The van der Waals surface area contributed by atoms with E-state index in [9.17, 15) is 14.4 Å². The molecule has 1 aliphatic carbocycles. The van der Waals surface area contributed by atoms with Crippen LogP contribution in [0.25, 0.3) is 0 Å². The van der Waals surface area contributed by atoms with Crippen molar-refractivity contribution in [1.29, 1.82) is 0 Å². The Balaban J connectivity index is 1.52. The van der Waals surface area contributed by atoms with Gasteiger partial charge in [-0.15, -0.1) is 11.3 Å². The minimum Gasteiger partial charge on any atom is -0.466 e. The molecule has 8 heteroatoms. The van der Waals surface area contributed by atoms with E-state index >= 15 is 0 Å². The quantitative estimate of drug-likeness (QED) is 0.777. The van der Waals surface area contributed by atoms with Gasteiger partial charge < -0.3 is 15.0 Å². The number of carbonyl (C=O) groups excluding carboxylic acids is 3. The van der Waals surface area contributed by atoms with Crippen molar-refractivity contribution in [3.63, 3.8) is 0 Å². The highest BCUT2D eigenvalue weighted by atomic mass is 32.1. The van der Waals surface area contributed by atoms with Crippen LogP contribution in [0, 0.1) is 11.8 Å². The summed E-state index contributed by atoms with van der Waals surface area (Å²) in [6, 6.07) is 0. The number of nitrogens with zero attached hydrogens (tertiary/aromatic N) is 2. The lowest BCUT2D eigenvalue weighted by atomic mass is 9.98. The number of ether oxygens (including phenoxy) is 1. The summed E-state index contributed by atoms with van der Waals surface area (Å²) in [4.78, 5) is 42.2. The molecule has 1 saturated carbocycles. The number of rotatable bonds is 6. The Hall–Kier alpha value is -1.96. The van der Waals surface area contributed by atoms with Gasteiger partial charge in [0.25, 0.3) is 0 Å². The Kier molecular flexibility index (Phi) is 5.67. The number of aromatic nitrogens is 1. The standard InChI is InChI=1S/C17H23N3O4S/c1-2-24-16(23)12-4-3-7-20(9-12)14(21)8-13-10-25-17(18-13)19-15(22)11-5-6-11/h10-12H,2-9H2,1H3,(H,18,19,22). The molecule has 7 nitrogen and oxygen atoms in total. The van der Waals surface area contributed by atoms with Crippen LogP contribution in [0.2, 0.25) is 0 Å². The molecule has 1 aromatic rings. The van der Waals surface area contributed by atoms with E-state index in [2.05, 4.69) is 10.3 Å². The monoisotopic (exact) mass is 365 g/mol. The summed E-state index contributed by atoms with van der Waals surface area (Å²) in [7, 11) is 0. The summed E-state index contributed by atoms with van der Waals surface area (Å²) in [5, 5.41) is 5.14. The zero-order valence-electron chi connectivity index (χ0n) is 14.3. The Morgan fingerprint density at radius 1 is 1.32 bits per heavy atom. The first kappa shape index (κ1) is 17.8. The molecular formula is C17H23N3O4S. The number of nitrogens with one attached hydrogen (secondary N) is 1. The predicted molar refractivity (Wildman–Crippen MR) is 93.1 cm³/mol. The van der Waals surface area contributed by atoms with Crippen molar-refractivity contribution in [2.24, 2.45) is 11.8 Å². The van der Waals surface area contributed by atoms with E-state index in [1.54, 1.807) is 17.2 Å². The first-order valence-electron chi connectivity index (χ1n) is 8.76. The zero-order valence-corrected chi connectivity index (χ0v) is 15.1. The topological polar surface area (TPSA) is 88.6 Å². The minimum absolute atomic E-state index is 0.0144. The Morgan fingerprint density at radius 2 is 2.12 bits per heavy atom. The molecule has 2 heterocycles. The molecule has 0 spiro atoms. The average Bonchev–Trinajstić information content (AvgIpc) is 3.37. The largest absolute Gasteiger partial charge is 0.466 e. The number of thiazole rings is 1. The van der Waals surface area contributed by atoms with E-state index in [0.717, 1.165) is 25.7 Å². The number of piperidine rings is 1. The van der Waals surface area contributed by atoms with Crippen molar-refractivity contribution < 1.29 is 19.1 Å². The van der Waals surface area contributed by atoms with Crippen LogP contribution < -0.4 is 5.32 Å². The zero-order chi connectivity index (χ0) is 17.8. The number of carbonyl (C=O) groups is 3. The lowest BCUT2D eigenvalue weighted by Crippen LogP contribution is -2.43. The molecule has 3 rings (SSSR count). The molecule has 0 radical (unpaired) electrons. The third-order valence-electron chi connectivity index (χ3n) is 4.46. The summed E-state index contributed by atoms with van der Waals surface area (Å²) in [6.45, 7) is 3.21. The normalized spacial score (nSPS) is 20.2. The van der Waals surface area contributed by atoms with Crippen LogP contribution in [0.4, 0.5) is 5.13 Å². The van der Waals surface area contributed by atoms with Crippen LogP contribution in [-0.2, 0) is 25.5 Å². The molecule has 1 saturated heterocycles. The van der Waals surface area contributed by atoms with E-state index in [0.29, 0.717) is 30.5 Å². The van der Waals surface area contributed by atoms with Crippen molar-refractivity contribution in [2.45, 2.75) is 39.0 Å². The van der Waals surface area contributed by atoms with Gasteiger partial charge in [0.05, 0.1) is 24.6 Å². The molecule has 2 amide bonds. The predicted octanol–water partition coefficient (Wildman–Crippen LogP) is 1.84. The molecule has 1 N–H and O–H groups in total. The van der Waals surface area contributed by atoms with Gasteiger partial charge in [0.15, 0.2) is 5.13 Å². The SMILES string of the molecule is CCOC(=O)C1CCCN(C(=O)Cc2csc(NC(=O)C3CC3)n2)C1. The second-order valence-corrected chi connectivity index (χ2v) is 7.37. The summed E-state index contributed by atoms with van der Waals surface area (Å²) < 4.78 is 5.06. The van der Waals surface area contributed by atoms with Gasteiger partial charge in [-0.05, 0) is 32.6 Å². The lowest BCUT2D eigenvalue weighted by molar-refractivity contribution is -0.151. The smallest absolute Gasteiger partial charge is 0.310 e. The van der Waals surface area contributed by atoms with Crippen LogP contribution in [0.3, 0.4) is 0 Å². The van der Waals surface area contributed by atoms with Gasteiger partial charge in [-0.3, -0.25) is 14.4 Å². The fourth-order valence-corrected chi connectivity index (χ4v) is 3.63. The van der Waals surface area contributed by atoms with Crippen molar-refractivity contribution in [2.75, 3.05) is 25.0 Å². The summed E-state index contributed by atoms with van der Waals surface area (Å²) in [5.74, 6) is -0.359. The van der Waals surface area contributed by atoms with Gasteiger partial charge >= 0.3 is 5.97 Å². The summed E-state index contributed by atoms with van der Waals surface area (Å²) >= 11 is 1.34. The van der Waals surface area contributed by atoms with Crippen LogP contribution in [0.15, 0.2) is 5.38 Å².